The van der Waals surface area contributed by atoms with Crippen LogP contribution >= 0.6 is 0 Å². The number of rotatable bonds is 4. The normalized spacial score (nSPS) is 15.4. The highest BCUT2D eigenvalue weighted by Gasteiger charge is 2.46. The lowest BCUT2D eigenvalue weighted by molar-refractivity contribution is 0.558. The number of aromatic nitrogens is 6. The molecular weight excluding hydrogens is 304 g/mol. The Bertz CT molecular complexity index is 829. The number of hydrogen-bond acceptors (Lipinski definition) is 6. The molecule has 9 heteroatoms. The van der Waals surface area contributed by atoms with Gasteiger partial charge in [-0.3, -0.25) is 0 Å². The van der Waals surface area contributed by atoms with Gasteiger partial charge in [-0.05, 0) is 24.1 Å². The van der Waals surface area contributed by atoms with E-state index in [-0.39, 0.29) is 0 Å². The van der Waals surface area contributed by atoms with Gasteiger partial charge in [-0.1, -0.05) is 6.07 Å². The fourth-order valence-electron chi connectivity index (χ4n) is 2.47. The van der Waals surface area contributed by atoms with E-state index in [0.717, 1.165) is 18.9 Å². The van der Waals surface area contributed by atoms with Crippen molar-refractivity contribution in [3.63, 3.8) is 0 Å². The second-order valence-electron chi connectivity index (χ2n) is 5.36. The van der Waals surface area contributed by atoms with Gasteiger partial charge in [0, 0.05) is 24.0 Å². The molecule has 4 rings (SSSR count). The largest absolute Gasteiger partial charge is 0.345 e. The third-order valence-electron chi connectivity index (χ3n) is 3.80. The van der Waals surface area contributed by atoms with E-state index in [0.29, 0.717) is 22.9 Å². The maximum atomic E-state index is 14.0. The van der Waals surface area contributed by atoms with Crippen LogP contribution in [0.2, 0.25) is 0 Å². The molecule has 1 aromatic carbocycles. The number of hydrogen-bond donors (Lipinski definition) is 2. The molecule has 2 heterocycles. The van der Waals surface area contributed by atoms with Crippen molar-refractivity contribution in [2.24, 2.45) is 0 Å². The first-order chi connectivity index (χ1) is 11.2. The first kappa shape index (κ1) is 13.7. The minimum atomic E-state index is -0.595. The minimum absolute atomic E-state index is 0.360. The van der Waals surface area contributed by atoms with Crippen molar-refractivity contribution in [2.45, 2.75) is 18.4 Å². The Balaban J connectivity index is 1.58. The Hall–Kier alpha value is -2.97. The van der Waals surface area contributed by atoms with Gasteiger partial charge in [0.05, 0.1) is 11.1 Å². The van der Waals surface area contributed by atoms with Crippen LogP contribution in [0.25, 0.3) is 11.4 Å². The zero-order valence-corrected chi connectivity index (χ0v) is 11.8. The van der Waals surface area contributed by atoms with Crippen LogP contribution in [0.15, 0.2) is 30.6 Å². The highest BCUT2D eigenvalue weighted by Crippen LogP contribution is 2.48. The minimum Gasteiger partial charge on any atom is -0.345 e. The Morgan fingerprint density at radius 1 is 1.13 bits per heavy atom. The van der Waals surface area contributed by atoms with Crippen LogP contribution < -0.4 is 5.32 Å². The average molecular weight is 315 g/mol. The van der Waals surface area contributed by atoms with Crippen molar-refractivity contribution in [2.75, 3.05) is 5.32 Å². The van der Waals surface area contributed by atoms with Crippen LogP contribution in [0, 0.1) is 11.6 Å². The number of tetrazole rings is 1. The number of benzene rings is 1. The highest BCUT2D eigenvalue weighted by molar-refractivity contribution is 5.52. The average Bonchev–Trinajstić information content (AvgIpc) is 3.10. The fraction of sp³-hybridized carbons (Fsp3) is 0.214. The van der Waals surface area contributed by atoms with Gasteiger partial charge in [-0.15, -0.1) is 10.2 Å². The van der Waals surface area contributed by atoms with Gasteiger partial charge in [-0.2, -0.15) is 5.21 Å². The summed E-state index contributed by atoms with van der Waals surface area (Å²) >= 11 is 0. The molecule has 3 aromatic rings. The van der Waals surface area contributed by atoms with Gasteiger partial charge >= 0.3 is 0 Å². The summed E-state index contributed by atoms with van der Waals surface area (Å²) in [5, 5.41) is 16.6. The predicted octanol–water partition coefficient (Wildman–Crippen LogP) is 2.04. The number of aromatic amines is 1. The van der Waals surface area contributed by atoms with Gasteiger partial charge in [0.1, 0.15) is 11.6 Å². The standard InChI is InChI=1S/C14H11F2N7/c15-9-1-2-10(11(16)5-9)14(3-4-14)19-13-17-6-8(7-18-13)12-20-22-23-21-12/h1-2,5-7H,3-4H2,(H,17,18,19)(H,20,21,22,23). The van der Waals surface area contributed by atoms with Crippen molar-refractivity contribution >= 4 is 5.95 Å². The maximum Gasteiger partial charge on any atom is 0.223 e. The van der Waals surface area contributed by atoms with Crippen LogP contribution in [0.4, 0.5) is 14.7 Å². The highest BCUT2D eigenvalue weighted by atomic mass is 19.1. The lowest BCUT2D eigenvalue weighted by Gasteiger charge is -2.18. The number of H-pyrrole nitrogens is 1. The van der Waals surface area contributed by atoms with Crippen molar-refractivity contribution in [1.29, 1.82) is 0 Å². The van der Waals surface area contributed by atoms with Crippen molar-refractivity contribution < 1.29 is 8.78 Å². The summed E-state index contributed by atoms with van der Waals surface area (Å²) in [4.78, 5) is 8.38. The quantitative estimate of drug-likeness (QED) is 0.765. The number of nitrogens with zero attached hydrogens (tertiary/aromatic N) is 5. The Morgan fingerprint density at radius 3 is 2.52 bits per heavy atom. The molecule has 0 atom stereocenters. The van der Waals surface area contributed by atoms with Crippen molar-refractivity contribution in [3.8, 4) is 11.4 Å². The van der Waals surface area contributed by atoms with E-state index >= 15 is 0 Å². The molecule has 0 aliphatic heterocycles. The summed E-state index contributed by atoms with van der Waals surface area (Å²) in [5.41, 5.74) is 0.456. The zero-order valence-electron chi connectivity index (χ0n) is 11.8. The zero-order chi connectivity index (χ0) is 15.9. The van der Waals surface area contributed by atoms with Crippen molar-refractivity contribution in [1.82, 2.24) is 30.6 Å². The van der Waals surface area contributed by atoms with E-state index in [4.69, 9.17) is 0 Å². The third-order valence-corrected chi connectivity index (χ3v) is 3.80. The summed E-state index contributed by atoms with van der Waals surface area (Å²) in [6.45, 7) is 0. The van der Waals surface area contributed by atoms with E-state index in [1.165, 1.54) is 12.1 Å². The molecule has 1 aliphatic rings. The molecule has 0 radical (unpaired) electrons. The second kappa shape index (κ2) is 5.04. The number of anilines is 1. The summed E-state index contributed by atoms with van der Waals surface area (Å²) in [6.07, 6.45) is 4.56. The molecule has 1 fully saturated rings. The first-order valence-electron chi connectivity index (χ1n) is 6.96. The molecule has 2 aromatic heterocycles. The predicted molar refractivity (Wildman–Crippen MR) is 76.1 cm³/mol. The fourth-order valence-corrected chi connectivity index (χ4v) is 2.47. The summed E-state index contributed by atoms with van der Waals surface area (Å²) < 4.78 is 27.0. The summed E-state index contributed by atoms with van der Waals surface area (Å²) in [7, 11) is 0. The SMILES string of the molecule is Fc1ccc(C2(Nc3ncc(-c4nn[nH]n4)cn3)CC2)c(F)c1. The van der Waals surface area contributed by atoms with E-state index in [1.54, 1.807) is 12.4 Å². The Kier molecular flexibility index (Phi) is 3.00. The van der Waals surface area contributed by atoms with Crippen LogP contribution in [-0.4, -0.2) is 30.6 Å². The van der Waals surface area contributed by atoms with Gasteiger partial charge in [0.25, 0.3) is 0 Å². The molecule has 0 amide bonds. The molecule has 7 nitrogen and oxygen atoms in total. The molecule has 2 N–H and O–H groups in total. The molecule has 0 saturated heterocycles. The van der Waals surface area contributed by atoms with Gasteiger partial charge in [-0.25, -0.2) is 18.7 Å². The lowest BCUT2D eigenvalue weighted by atomic mass is 10.0. The molecule has 0 unspecified atom stereocenters. The van der Waals surface area contributed by atoms with Crippen molar-refractivity contribution in [3.05, 3.63) is 47.8 Å². The molecule has 0 bridgehead atoms. The molecule has 23 heavy (non-hydrogen) atoms. The third kappa shape index (κ3) is 2.50. The lowest BCUT2D eigenvalue weighted by Crippen LogP contribution is -2.21. The summed E-state index contributed by atoms with van der Waals surface area (Å²) in [6, 6.07) is 3.59. The van der Waals surface area contributed by atoms with Gasteiger partial charge < -0.3 is 5.32 Å². The second-order valence-corrected chi connectivity index (χ2v) is 5.36. The van der Waals surface area contributed by atoms with E-state index < -0.39 is 17.2 Å². The number of nitrogens with one attached hydrogen (secondary N) is 2. The monoisotopic (exact) mass is 315 g/mol. The molecule has 116 valence electrons. The van der Waals surface area contributed by atoms with Gasteiger partial charge in [0.2, 0.25) is 11.8 Å². The van der Waals surface area contributed by atoms with Gasteiger partial charge in [0.15, 0.2) is 0 Å². The molecule has 0 spiro atoms. The first-order valence-corrected chi connectivity index (χ1v) is 6.96. The van der Waals surface area contributed by atoms with E-state index in [9.17, 15) is 8.78 Å². The van der Waals surface area contributed by atoms with Crippen LogP contribution in [0.5, 0.6) is 0 Å². The Morgan fingerprint density at radius 2 is 1.91 bits per heavy atom. The smallest absolute Gasteiger partial charge is 0.223 e. The molecule has 1 aliphatic carbocycles. The van der Waals surface area contributed by atoms with E-state index in [2.05, 4.69) is 35.9 Å². The number of halogens is 2. The van der Waals surface area contributed by atoms with Crippen LogP contribution in [0.3, 0.4) is 0 Å². The van der Waals surface area contributed by atoms with Crippen LogP contribution in [-0.2, 0) is 5.54 Å². The molecule has 1 saturated carbocycles. The Labute approximate surface area is 129 Å². The van der Waals surface area contributed by atoms with Crippen LogP contribution in [0.1, 0.15) is 18.4 Å². The van der Waals surface area contributed by atoms with E-state index in [1.807, 2.05) is 0 Å². The molecular formula is C14H11F2N7. The summed E-state index contributed by atoms with van der Waals surface area (Å²) in [5.74, 6) is -0.415. The topological polar surface area (TPSA) is 92.3 Å². The maximum absolute atomic E-state index is 14.0.